The number of aromatic nitrogens is 2. The fraction of sp³-hybridized carbons (Fsp3) is 0.417. The van der Waals surface area contributed by atoms with Crippen molar-refractivity contribution in [1.82, 2.24) is 14.9 Å². The van der Waals surface area contributed by atoms with Gasteiger partial charge in [0.1, 0.15) is 10.7 Å². The molecule has 7 heteroatoms. The summed E-state index contributed by atoms with van der Waals surface area (Å²) in [7, 11) is -3.51. The molecule has 0 aromatic carbocycles. The van der Waals surface area contributed by atoms with Crippen LogP contribution in [0.15, 0.2) is 33.9 Å². The number of nitrogens with one attached hydrogen (secondary N) is 2. The highest BCUT2D eigenvalue weighted by Crippen LogP contribution is 2.13. The van der Waals surface area contributed by atoms with Gasteiger partial charge in [0.25, 0.3) is 0 Å². The third-order valence-corrected chi connectivity index (χ3v) is 4.54. The summed E-state index contributed by atoms with van der Waals surface area (Å²) in [4.78, 5) is 0.192. The first-order valence-electron chi connectivity index (χ1n) is 6.04. The van der Waals surface area contributed by atoms with Crippen molar-refractivity contribution < 1.29 is 12.8 Å². The zero-order chi connectivity index (χ0) is 13.9. The molecule has 1 unspecified atom stereocenters. The largest absolute Gasteiger partial charge is 0.469 e. The van der Waals surface area contributed by atoms with Crippen molar-refractivity contribution in [3.8, 4) is 0 Å². The van der Waals surface area contributed by atoms with E-state index in [9.17, 15) is 8.42 Å². The van der Waals surface area contributed by atoms with Crippen molar-refractivity contribution in [2.75, 3.05) is 0 Å². The highest BCUT2D eigenvalue weighted by molar-refractivity contribution is 7.89. The molecule has 0 saturated heterocycles. The molecule has 1 atom stereocenters. The molecule has 2 N–H and O–H groups in total. The van der Waals surface area contributed by atoms with Crippen molar-refractivity contribution in [3.05, 3.63) is 36.0 Å². The summed E-state index contributed by atoms with van der Waals surface area (Å²) < 4.78 is 32.0. The van der Waals surface area contributed by atoms with Crippen LogP contribution in [0.3, 0.4) is 0 Å². The van der Waals surface area contributed by atoms with Crippen LogP contribution < -0.4 is 4.72 Å². The second kappa shape index (κ2) is 5.58. The highest BCUT2D eigenvalue weighted by Gasteiger charge is 2.20. The van der Waals surface area contributed by atoms with E-state index >= 15 is 0 Å². The number of aryl methyl sites for hydroxylation is 2. The van der Waals surface area contributed by atoms with Crippen LogP contribution in [-0.4, -0.2) is 24.7 Å². The van der Waals surface area contributed by atoms with Crippen LogP contribution in [-0.2, 0) is 16.4 Å². The van der Waals surface area contributed by atoms with Crippen LogP contribution in [0.5, 0.6) is 0 Å². The quantitative estimate of drug-likeness (QED) is 0.843. The minimum Gasteiger partial charge on any atom is -0.469 e. The number of aromatic amines is 1. The van der Waals surface area contributed by atoms with Crippen molar-refractivity contribution in [2.24, 2.45) is 0 Å². The van der Waals surface area contributed by atoms with Crippen LogP contribution in [0.2, 0.25) is 0 Å². The molecule has 0 aliphatic heterocycles. The predicted octanol–water partition coefficient (Wildman–Crippen LogP) is 1.61. The van der Waals surface area contributed by atoms with Crippen LogP contribution in [0.4, 0.5) is 0 Å². The molecule has 0 saturated carbocycles. The zero-order valence-electron chi connectivity index (χ0n) is 10.9. The van der Waals surface area contributed by atoms with Crippen LogP contribution >= 0.6 is 0 Å². The number of hydrogen-bond donors (Lipinski definition) is 2. The summed E-state index contributed by atoms with van der Waals surface area (Å²) in [6.45, 7) is 3.50. The van der Waals surface area contributed by atoms with E-state index in [4.69, 9.17) is 4.42 Å². The number of rotatable bonds is 6. The number of sulfonamides is 1. The van der Waals surface area contributed by atoms with Gasteiger partial charge in [-0.05, 0) is 32.4 Å². The molecule has 2 aromatic heterocycles. The first-order chi connectivity index (χ1) is 8.99. The molecule has 2 rings (SSSR count). The monoisotopic (exact) mass is 283 g/mol. The third kappa shape index (κ3) is 3.45. The molecular weight excluding hydrogens is 266 g/mol. The van der Waals surface area contributed by atoms with Gasteiger partial charge in [0.15, 0.2) is 0 Å². The van der Waals surface area contributed by atoms with Gasteiger partial charge in [0.2, 0.25) is 10.0 Å². The van der Waals surface area contributed by atoms with E-state index < -0.39 is 10.0 Å². The molecular formula is C12H17N3O3S. The maximum atomic E-state index is 12.1. The number of hydrogen-bond acceptors (Lipinski definition) is 4. The Labute approximate surface area is 112 Å². The van der Waals surface area contributed by atoms with E-state index in [0.29, 0.717) is 18.5 Å². The highest BCUT2D eigenvalue weighted by atomic mass is 32.2. The average molecular weight is 283 g/mol. The fourth-order valence-electron chi connectivity index (χ4n) is 1.81. The van der Waals surface area contributed by atoms with Crippen molar-refractivity contribution in [2.45, 2.75) is 37.6 Å². The van der Waals surface area contributed by atoms with E-state index in [1.165, 1.54) is 6.20 Å². The Bertz CT molecular complexity index is 616. The maximum Gasteiger partial charge on any atom is 0.244 e. The van der Waals surface area contributed by atoms with Crippen molar-refractivity contribution in [3.63, 3.8) is 0 Å². The van der Waals surface area contributed by atoms with Crippen molar-refractivity contribution in [1.29, 1.82) is 0 Å². The normalized spacial score (nSPS) is 13.6. The summed E-state index contributed by atoms with van der Waals surface area (Å²) in [5.74, 6) is 0.852. The second-order valence-corrected chi connectivity index (χ2v) is 6.18. The predicted molar refractivity (Wildman–Crippen MR) is 70.1 cm³/mol. The second-order valence-electron chi connectivity index (χ2n) is 4.50. The molecule has 0 radical (unpaired) electrons. The molecule has 2 heterocycles. The Morgan fingerprint density at radius 3 is 2.89 bits per heavy atom. The van der Waals surface area contributed by atoms with E-state index in [2.05, 4.69) is 14.9 Å². The molecule has 0 fully saturated rings. The summed E-state index contributed by atoms with van der Waals surface area (Å²) >= 11 is 0. The van der Waals surface area contributed by atoms with Crippen LogP contribution in [0.1, 0.15) is 24.8 Å². The topological polar surface area (TPSA) is 88.0 Å². The van der Waals surface area contributed by atoms with E-state index in [-0.39, 0.29) is 10.9 Å². The summed E-state index contributed by atoms with van der Waals surface area (Å²) in [6, 6.07) is 3.52. The summed E-state index contributed by atoms with van der Waals surface area (Å²) in [6.07, 6.45) is 4.29. The van der Waals surface area contributed by atoms with Gasteiger partial charge in [-0.3, -0.25) is 5.10 Å². The summed E-state index contributed by atoms with van der Waals surface area (Å²) in [5.41, 5.74) is 0.533. The molecule has 104 valence electrons. The lowest BCUT2D eigenvalue weighted by atomic mass is 10.2. The molecule has 0 amide bonds. The van der Waals surface area contributed by atoms with Gasteiger partial charge in [-0.1, -0.05) is 0 Å². The van der Waals surface area contributed by atoms with Crippen LogP contribution in [0.25, 0.3) is 0 Å². The Morgan fingerprint density at radius 2 is 2.32 bits per heavy atom. The Hall–Kier alpha value is -1.60. The molecule has 0 aliphatic carbocycles. The Kier molecular flexibility index (Phi) is 4.06. The third-order valence-electron chi connectivity index (χ3n) is 2.83. The summed E-state index contributed by atoms with van der Waals surface area (Å²) in [5, 5.41) is 6.34. The average Bonchev–Trinajstić information content (AvgIpc) is 2.96. The Balaban J connectivity index is 1.95. The van der Waals surface area contributed by atoms with Gasteiger partial charge >= 0.3 is 0 Å². The smallest absolute Gasteiger partial charge is 0.244 e. The molecule has 0 spiro atoms. The number of H-pyrrole nitrogens is 1. The van der Waals surface area contributed by atoms with Gasteiger partial charge in [0.05, 0.1) is 18.2 Å². The number of furan rings is 1. The minimum absolute atomic E-state index is 0.176. The molecule has 19 heavy (non-hydrogen) atoms. The van der Waals surface area contributed by atoms with Gasteiger partial charge in [-0.25, -0.2) is 13.1 Å². The minimum atomic E-state index is -3.51. The molecule has 0 aliphatic rings. The molecule has 0 bridgehead atoms. The SMILES string of the molecule is Cc1[nH]ncc1S(=O)(=O)NC(C)CCc1ccco1. The van der Waals surface area contributed by atoms with E-state index in [1.807, 2.05) is 19.1 Å². The maximum absolute atomic E-state index is 12.1. The lowest BCUT2D eigenvalue weighted by molar-refractivity contribution is 0.480. The fourth-order valence-corrected chi connectivity index (χ4v) is 3.23. The lowest BCUT2D eigenvalue weighted by Crippen LogP contribution is -2.33. The molecule has 2 aromatic rings. The zero-order valence-corrected chi connectivity index (χ0v) is 11.7. The van der Waals surface area contributed by atoms with Gasteiger partial charge in [0, 0.05) is 12.5 Å². The van der Waals surface area contributed by atoms with Crippen LogP contribution in [0, 0.1) is 6.92 Å². The van der Waals surface area contributed by atoms with Gasteiger partial charge in [-0.15, -0.1) is 0 Å². The van der Waals surface area contributed by atoms with Crippen molar-refractivity contribution >= 4 is 10.0 Å². The van der Waals surface area contributed by atoms with Gasteiger partial charge in [-0.2, -0.15) is 5.10 Å². The van der Waals surface area contributed by atoms with Gasteiger partial charge < -0.3 is 4.42 Å². The van der Waals surface area contributed by atoms with E-state index in [0.717, 1.165) is 5.76 Å². The number of nitrogens with zero attached hydrogens (tertiary/aromatic N) is 1. The lowest BCUT2D eigenvalue weighted by Gasteiger charge is -2.13. The Morgan fingerprint density at radius 1 is 1.53 bits per heavy atom. The molecule has 6 nitrogen and oxygen atoms in total. The first-order valence-corrected chi connectivity index (χ1v) is 7.52. The standard InChI is InChI=1S/C12H17N3O3S/c1-9(5-6-11-4-3-7-18-11)15-19(16,17)12-8-13-14-10(12)2/h3-4,7-9,15H,5-6H2,1-2H3,(H,13,14). The van der Waals surface area contributed by atoms with E-state index in [1.54, 1.807) is 13.2 Å². The first kappa shape index (κ1) is 13.8.